The summed E-state index contributed by atoms with van der Waals surface area (Å²) in [4.78, 5) is 13.1. The highest BCUT2D eigenvalue weighted by Gasteiger charge is 2.32. The van der Waals surface area contributed by atoms with Crippen molar-refractivity contribution in [2.75, 3.05) is 7.05 Å². The second-order valence-electron chi connectivity index (χ2n) is 3.32. The molecule has 2 nitrogen and oxygen atoms in total. The molecule has 0 heterocycles. The van der Waals surface area contributed by atoms with Gasteiger partial charge in [0.15, 0.2) is 0 Å². The van der Waals surface area contributed by atoms with Gasteiger partial charge in [-0.05, 0) is 26.7 Å². The van der Waals surface area contributed by atoms with E-state index in [1.54, 1.807) is 0 Å². The normalized spacial score (nSPS) is 17.6. The molecule has 1 aliphatic carbocycles. The second-order valence-corrected chi connectivity index (χ2v) is 3.32. The summed E-state index contributed by atoms with van der Waals surface area (Å²) >= 11 is 0. The van der Waals surface area contributed by atoms with Crippen LogP contribution in [0.3, 0.4) is 0 Å². The van der Waals surface area contributed by atoms with Gasteiger partial charge in [-0.25, -0.2) is 0 Å². The summed E-state index contributed by atoms with van der Waals surface area (Å²) in [6.45, 7) is 4.08. The van der Waals surface area contributed by atoms with Crippen LogP contribution >= 0.6 is 0 Å². The zero-order valence-electron chi connectivity index (χ0n) is 6.92. The van der Waals surface area contributed by atoms with Crippen LogP contribution in [0.25, 0.3) is 0 Å². The average molecular weight is 141 g/mol. The third kappa shape index (κ3) is 1.49. The van der Waals surface area contributed by atoms with Crippen molar-refractivity contribution < 1.29 is 4.79 Å². The van der Waals surface area contributed by atoms with E-state index in [-0.39, 0.29) is 0 Å². The average Bonchev–Trinajstić information content (AvgIpc) is 2.65. The lowest BCUT2D eigenvalue weighted by molar-refractivity contribution is -0.132. The van der Waals surface area contributed by atoms with Gasteiger partial charge in [0, 0.05) is 19.0 Å². The maximum atomic E-state index is 11.3. The minimum atomic E-state index is 0.329. The molecule has 58 valence electrons. The highest BCUT2D eigenvalue weighted by Crippen LogP contribution is 2.30. The van der Waals surface area contributed by atoms with Gasteiger partial charge in [0.25, 0.3) is 0 Å². The van der Waals surface area contributed by atoms with Crippen molar-refractivity contribution in [2.24, 2.45) is 5.92 Å². The molecule has 1 rings (SSSR count). The molecular weight excluding hydrogens is 126 g/mol. The van der Waals surface area contributed by atoms with Crippen LogP contribution in [-0.2, 0) is 4.79 Å². The molecule has 0 radical (unpaired) electrons. The van der Waals surface area contributed by atoms with E-state index in [0.717, 1.165) is 12.8 Å². The second kappa shape index (κ2) is 2.60. The molecule has 0 aromatic heterocycles. The van der Waals surface area contributed by atoms with E-state index in [0.29, 0.717) is 17.9 Å². The van der Waals surface area contributed by atoms with Crippen molar-refractivity contribution in [3.8, 4) is 0 Å². The number of carbonyl (C=O) groups excluding carboxylic acids is 1. The van der Waals surface area contributed by atoms with E-state index in [1.165, 1.54) is 0 Å². The number of rotatable bonds is 2. The molecule has 0 bridgehead atoms. The molecule has 0 saturated heterocycles. The van der Waals surface area contributed by atoms with Crippen molar-refractivity contribution in [1.29, 1.82) is 0 Å². The first-order valence-corrected chi connectivity index (χ1v) is 3.89. The van der Waals surface area contributed by atoms with Gasteiger partial charge in [0.05, 0.1) is 0 Å². The highest BCUT2D eigenvalue weighted by molar-refractivity contribution is 5.80. The van der Waals surface area contributed by atoms with E-state index in [2.05, 4.69) is 0 Å². The van der Waals surface area contributed by atoms with E-state index < -0.39 is 0 Å². The Kier molecular flexibility index (Phi) is 1.97. The molecule has 0 aromatic rings. The van der Waals surface area contributed by atoms with Crippen LogP contribution < -0.4 is 0 Å². The third-order valence-corrected chi connectivity index (χ3v) is 2.05. The van der Waals surface area contributed by atoms with Gasteiger partial charge in [-0.3, -0.25) is 4.79 Å². The smallest absolute Gasteiger partial charge is 0.225 e. The zero-order valence-corrected chi connectivity index (χ0v) is 6.92. The van der Waals surface area contributed by atoms with E-state index >= 15 is 0 Å². The molecule has 0 N–H and O–H groups in total. The van der Waals surface area contributed by atoms with Gasteiger partial charge in [0.2, 0.25) is 5.91 Å². The Bertz CT molecular complexity index is 138. The number of nitrogens with zero attached hydrogens (tertiary/aromatic N) is 1. The van der Waals surface area contributed by atoms with Crippen LogP contribution in [0.1, 0.15) is 26.7 Å². The predicted molar refractivity (Wildman–Crippen MR) is 40.6 cm³/mol. The summed E-state index contributed by atoms with van der Waals surface area (Å²) in [6, 6.07) is 0.355. The summed E-state index contributed by atoms with van der Waals surface area (Å²) in [5.74, 6) is 0.697. The molecule has 1 fully saturated rings. The number of carbonyl (C=O) groups is 1. The first-order valence-electron chi connectivity index (χ1n) is 3.89. The van der Waals surface area contributed by atoms with Gasteiger partial charge in [-0.1, -0.05) is 0 Å². The first kappa shape index (κ1) is 7.58. The quantitative estimate of drug-likeness (QED) is 0.567. The van der Waals surface area contributed by atoms with E-state index in [4.69, 9.17) is 0 Å². The van der Waals surface area contributed by atoms with Crippen molar-refractivity contribution in [2.45, 2.75) is 32.7 Å². The Labute approximate surface area is 62.2 Å². The lowest BCUT2D eigenvalue weighted by Gasteiger charge is -2.20. The van der Waals surface area contributed by atoms with Gasteiger partial charge in [-0.2, -0.15) is 0 Å². The summed E-state index contributed by atoms with van der Waals surface area (Å²) in [6.07, 6.45) is 2.21. The number of hydrogen-bond donors (Lipinski definition) is 0. The summed E-state index contributed by atoms with van der Waals surface area (Å²) in [7, 11) is 1.88. The van der Waals surface area contributed by atoms with Crippen molar-refractivity contribution in [1.82, 2.24) is 4.90 Å². The Hall–Kier alpha value is -0.530. The molecule has 0 aromatic carbocycles. The molecule has 1 aliphatic rings. The standard InChI is InChI=1S/C8H15NO/c1-6(2)9(3)8(10)7-4-5-7/h6-7H,4-5H2,1-3H3. The fraction of sp³-hybridized carbons (Fsp3) is 0.875. The number of amides is 1. The van der Waals surface area contributed by atoms with Gasteiger partial charge in [0.1, 0.15) is 0 Å². The zero-order chi connectivity index (χ0) is 7.72. The van der Waals surface area contributed by atoms with Gasteiger partial charge in [-0.15, -0.1) is 0 Å². The highest BCUT2D eigenvalue weighted by atomic mass is 16.2. The molecule has 0 aliphatic heterocycles. The van der Waals surface area contributed by atoms with Crippen molar-refractivity contribution in [3.63, 3.8) is 0 Å². The first-order chi connectivity index (χ1) is 4.63. The molecule has 1 amide bonds. The molecule has 1 saturated carbocycles. The van der Waals surface area contributed by atoms with Crippen LogP contribution in [0.5, 0.6) is 0 Å². The van der Waals surface area contributed by atoms with E-state index in [1.807, 2.05) is 25.8 Å². The fourth-order valence-corrected chi connectivity index (χ4v) is 0.873. The summed E-state index contributed by atoms with van der Waals surface area (Å²) in [5, 5.41) is 0. The van der Waals surface area contributed by atoms with Crippen LogP contribution in [0.15, 0.2) is 0 Å². The Morgan fingerprint density at radius 1 is 1.50 bits per heavy atom. The van der Waals surface area contributed by atoms with Crippen LogP contribution in [0, 0.1) is 5.92 Å². The molecule has 0 spiro atoms. The van der Waals surface area contributed by atoms with Crippen molar-refractivity contribution in [3.05, 3.63) is 0 Å². The monoisotopic (exact) mass is 141 g/mol. The third-order valence-electron chi connectivity index (χ3n) is 2.05. The molecule has 2 heteroatoms. The lowest BCUT2D eigenvalue weighted by Crippen LogP contribution is -2.33. The maximum Gasteiger partial charge on any atom is 0.225 e. The lowest BCUT2D eigenvalue weighted by atomic mass is 10.3. The summed E-state index contributed by atoms with van der Waals surface area (Å²) in [5.41, 5.74) is 0. The molecule has 0 unspecified atom stereocenters. The van der Waals surface area contributed by atoms with Crippen LogP contribution in [0.2, 0.25) is 0 Å². The molecule has 0 atom stereocenters. The SMILES string of the molecule is CC(C)N(C)C(=O)C1CC1. The summed E-state index contributed by atoms with van der Waals surface area (Å²) < 4.78 is 0. The van der Waals surface area contributed by atoms with E-state index in [9.17, 15) is 4.79 Å². The van der Waals surface area contributed by atoms with Crippen LogP contribution in [-0.4, -0.2) is 23.9 Å². The van der Waals surface area contributed by atoms with Crippen LogP contribution in [0.4, 0.5) is 0 Å². The fourth-order valence-electron chi connectivity index (χ4n) is 0.873. The topological polar surface area (TPSA) is 20.3 Å². The van der Waals surface area contributed by atoms with Gasteiger partial charge < -0.3 is 4.90 Å². The predicted octanol–water partition coefficient (Wildman–Crippen LogP) is 1.26. The molecular formula is C8H15NO. The molecule has 10 heavy (non-hydrogen) atoms. The maximum absolute atomic E-state index is 11.3. The largest absolute Gasteiger partial charge is 0.343 e. The number of hydrogen-bond acceptors (Lipinski definition) is 1. The Balaban J connectivity index is 2.38. The Morgan fingerprint density at radius 3 is 2.30 bits per heavy atom. The Morgan fingerprint density at radius 2 is 2.00 bits per heavy atom. The van der Waals surface area contributed by atoms with Gasteiger partial charge >= 0.3 is 0 Å². The minimum absolute atomic E-state index is 0.329. The minimum Gasteiger partial charge on any atom is -0.343 e. The van der Waals surface area contributed by atoms with Crippen molar-refractivity contribution >= 4 is 5.91 Å².